The molecule has 1 saturated carbocycles. The van der Waals surface area contributed by atoms with Gasteiger partial charge in [0.2, 0.25) is 0 Å². The van der Waals surface area contributed by atoms with Gasteiger partial charge in [0.05, 0.1) is 8.67 Å². The molecule has 0 spiro atoms. The summed E-state index contributed by atoms with van der Waals surface area (Å²) in [6.07, 6.45) is 5.05. The maximum absolute atomic E-state index is 6.31. The molecule has 16 heavy (non-hydrogen) atoms. The second-order valence-corrected chi connectivity index (χ2v) is 7.12. The molecule has 1 aliphatic carbocycles. The monoisotopic (exact) mass is 277 g/mol. The van der Waals surface area contributed by atoms with Crippen LogP contribution in [-0.2, 0) is 0 Å². The highest BCUT2D eigenvalue weighted by molar-refractivity contribution is 7.20. The minimum atomic E-state index is 0.0546. The fraction of sp³-hybridized carbons (Fsp3) is 0.667. The van der Waals surface area contributed by atoms with Gasteiger partial charge in [0.25, 0.3) is 0 Å². The van der Waals surface area contributed by atoms with Crippen LogP contribution in [0.4, 0.5) is 0 Å². The van der Waals surface area contributed by atoms with Gasteiger partial charge in [0, 0.05) is 11.6 Å². The molecule has 90 valence electrons. The zero-order valence-electron chi connectivity index (χ0n) is 9.38. The largest absolute Gasteiger partial charge is 0.324 e. The summed E-state index contributed by atoms with van der Waals surface area (Å²) >= 11 is 13.5. The minimum Gasteiger partial charge on any atom is -0.324 e. The Labute approximate surface area is 111 Å². The zero-order chi connectivity index (χ0) is 11.7. The van der Waals surface area contributed by atoms with Crippen LogP contribution in [0.2, 0.25) is 8.67 Å². The number of nitrogens with two attached hydrogens (primary N) is 1. The van der Waals surface area contributed by atoms with Crippen LogP contribution in [-0.4, -0.2) is 0 Å². The Hall–Kier alpha value is 0.240. The van der Waals surface area contributed by atoms with Gasteiger partial charge in [-0.3, -0.25) is 0 Å². The predicted octanol–water partition coefficient (Wildman–Crippen LogP) is 4.88. The summed E-state index contributed by atoms with van der Waals surface area (Å²) in [5.74, 6) is 1.35. The smallest absolute Gasteiger partial charge is 0.0991 e. The Morgan fingerprint density at radius 3 is 2.75 bits per heavy atom. The molecule has 0 amide bonds. The normalized spacial score (nSPS) is 28.0. The summed E-state index contributed by atoms with van der Waals surface area (Å²) in [5, 5.41) is 0. The van der Waals surface area contributed by atoms with Gasteiger partial charge >= 0.3 is 0 Å². The van der Waals surface area contributed by atoms with Gasteiger partial charge in [0.1, 0.15) is 0 Å². The zero-order valence-corrected chi connectivity index (χ0v) is 11.7. The van der Waals surface area contributed by atoms with E-state index in [-0.39, 0.29) is 6.04 Å². The molecule has 2 N–H and O–H groups in total. The van der Waals surface area contributed by atoms with Gasteiger partial charge in [-0.1, -0.05) is 43.0 Å². The van der Waals surface area contributed by atoms with Crippen molar-refractivity contribution in [1.29, 1.82) is 0 Å². The molecule has 1 aromatic rings. The topological polar surface area (TPSA) is 26.0 Å². The summed E-state index contributed by atoms with van der Waals surface area (Å²) < 4.78 is 1.50. The molecule has 0 bridgehead atoms. The van der Waals surface area contributed by atoms with Crippen LogP contribution in [0.3, 0.4) is 0 Å². The van der Waals surface area contributed by atoms with Crippen LogP contribution in [0.1, 0.15) is 44.2 Å². The van der Waals surface area contributed by atoms with Gasteiger partial charge in [-0.25, -0.2) is 0 Å². The van der Waals surface area contributed by atoms with Crippen LogP contribution in [0.5, 0.6) is 0 Å². The van der Waals surface area contributed by atoms with Crippen molar-refractivity contribution in [3.8, 4) is 0 Å². The number of halogens is 2. The maximum atomic E-state index is 6.31. The van der Waals surface area contributed by atoms with Crippen LogP contribution in [0.15, 0.2) is 6.07 Å². The predicted molar refractivity (Wildman–Crippen MR) is 72.4 cm³/mol. The number of hydrogen-bond donors (Lipinski definition) is 1. The Balaban J connectivity index is 2.11. The average molecular weight is 278 g/mol. The lowest BCUT2D eigenvalue weighted by Crippen LogP contribution is -2.26. The molecule has 4 heteroatoms. The van der Waals surface area contributed by atoms with Gasteiger partial charge in [-0.15, -0.1) is 11.3 Å². The summed E-state index contributed by atoms with van der Waals surface area (Å²) in [5.41, 5.74) is 7.35. The second kappa shape index (κ2) is 5.26. The van der Waals surface area contributed by atoms with Gasteiger partial charge in [-0.2, -0.15) is 0 Å². The van der Waals surface area contributed by atoms with Crippen molar-refractivity contribution < 1.29 is 0 Å². The van der Waals surface area contributed by atoms with E-state index in [2.05, 4.69) is 6.92 Å². The first-order valence-electron chi connectivity index (χ1n) is 5.78. The highest BCUT2D eigenvalue weighted by Gasteiger charge is 2.27. The SMILES string of the molecule is CC1CCCC(C(N)c2cc(Cl)sc2Cl)C1. The van der Waals surface area contributed by atoms with Crippen LogP contribution >= 0.6 is 34.5 Å². The lowest BCUT2D eigenvalue weighted by atomic mass is 9.77. The summed E-state index contributed by atoms with van der Waals surface area (Å²) in [6.45, 7) is 2.31. The highest BCUT2D eigenvalue weighted by atomic mass is 35.5. The van der Waals surface area contributed by atoms with Crippen LogP contribution < -0.4 is 5.73 Å². The molecule has 3 unspecified atom stereocenters. The number of hydrogen-bond acceptors (Lipinski definition) is 2. The van der Waals surface area contributed by atoms with E-state index in [4.69, 9.17) is 28.9 Å². The maximum Gasteiger partial charge on any atom is 0.0991 e. The van der Waals surface area contributed by atoms with E-state index in [1.54, 1.807) is 0 Å². The Kier molecular flexibility index (Phi) is 4.17. The van der Waals surface area contributed by atoms with Crippen molar-refractivity contribution >= 4 is 34.5 Å². The van der Waals surface area contributed by atoms with E-state index in [1.807, 2.05) is 6.07 Å². The van der Waals surface area contributed by atoms with E-state index in [9.17, 15) is 0 Å². The van der Waals surface area contributed by atoms with Gasteiger partial charge in [0.15, 0.2) is 0 Å². The van der Waals surface area contributed by atoms with Crippen molar-refractivity contribution in [3.63, 3.8) is 0 Å². The Morgan fingerprint density at radius 2 is 2.19 bits per heavy atom. The quantitative estimate of drug-likeness (QED) is 0.819. The first-order valence-corrected chi connectivity index (χ1v) is 7.35. The summed E-state index contributed by atoms with van der Waals surface area (Å²) in [7, 11) is 0. The Bertz CT molecular complexity index is 364. The van der Waals surface area contributed by atoms with Crippen LogP contribution in [0.25, 0.3) is 0 Å². The van der Waals surface area contributed by atoms with Gasteiger partial charge < -0.3 is 5.73 Å². The molecular formula is C12H17Cl2NS. The van der Waals surface area contributed by atoms with E-state index >= 15 is 0 Å². The number of rotatable bonds is 2. The molecule has 1 aliphatic rings. The third-order valence-electron chi connectivity index (χ3n) is 3.53. The minimum absolute atomic E-state index is 0.0546. The number of thiophene rings is 1. The fourth-order valence-electron chi connectivity index (χ4n) is 2.64. The standard InChI is InChI=1S/C12H17Cl2NS/c1-7-3-2-4-8(5-7)11(15)9-6-10(13)16-12(9)14/h6-8,11H,2-5,15H2,1H3. The second-order valence-electron chi connectivity index (χ2n) is 4.84. The lowest BCUT2D eigenvalue weighted by Gasteiger charge is -2.31. The van der Waals surface area contributed by atoms with Crippen molar-refractivity contribution in [2.75, 3.05) is 0 Å². The molecule has 2 rings (SSSR count). The molecular weight excluding hydrogens is 261 g/mol. The van der Waals surface area contributed by atoms with Crippen LogP contribution in [0, 0.1) is 11.8 Å². The molecule has 0 aromatic carbocycles. The molecule has 1 heterocycles. The lowest BCUT2D eigenvalue weighted by molar-refractivity contribution is 0.248. The molecule has 1 aromatic heterocycles. The molecule has 1 nitrogen and oxygen atoms in total. The summed E-state index contributed by atoms with van der Waals surface area (Å²) in [4.78, 5) is 0. The molecule has 0 aliphatic heterocycles. The average Bonchev–Trinajstić information content (AvgIpc) is 2.57. The van der Waals surface area contributed by atoms with Crippen molar-refractivity contribution in [1.82, 2.24) is 0 Å². The van der Waals surface area contributed by atoms with E-state index in [0.29, 0.717) is 5.92 Å². The van der Waals surface area contributed by atoms with E-state index in [0.717, 1.165) is 20.2 Å². The van der Waals surface area contributed by atoms with Crippen molar-refractivity contribution in [3.05, 3.63) is 20.3 Å². The van der Waals surface area contributed by atoms with Gasteiger partial charge in [-0.05, 0) is 30.7 Å². The van der Waals surface area contributed by atoms with E-state index in [1.165, 1.54) is 37.0 Å². The third-order valence-corrected chi connectivity index (χ3v) is 5.04. The molecule has 3 atom stereocenters. The van der Waals surface area contributed by atoms with Crippen molar-refractivity contribution in [2.24, 2.45) is 17.6 Å². The first-order chi connectivity index (χ1) is 7.58. The summed E-state index contributed by atoms with van der Waals surface area (Å²) in [6, 6.07) is 1.98. The molecule has 0 saturated heterocycles. The first kappa shape index (κ1) is 12.7. The van der Waals surface area contributed by atoms with E-state index < -0.39 is 0 Å². The Morgan fingerprint density at radius 1 is 1.44 bits per heavy atom. The third kappa shape index (κ3) is 2.73. The fourth-order valence-corrected chi connectivity index (χ4v) is 4.21. The highest BCUT2D eigenvalue weighted by Crippen LogP contribution is 2.41. The van der Waals surface area contributed by atoms with Crippen molar-refractivity contribution in [2.45, 2.75) is 38.6 Å². The molecule has 0 radical (unpaired) electrons. The molecule has 1 fully saturated rings.